The van der Waals surface area contributed by atoms with Crippen LogP contribution >= 0.6 is 15.9 Å². The van der Waals surface area contributed by atoms with Crippen molar-refractivity contribution in [2.75, 3.05) is 11.9 Å². The van der Waals surface area contributed by atoms with Crippen LogP contribution < -0.4 is 15.5 Å². The molecular formula is C18H20BrN3O2. The van der Waals surface area contributed by atoms with Gasteiger partial charge in [-0.15, -0.1) is 0 Å². The fourth-order valence-electron chi connectivity index (χ4n) is 1.95. The molecule has 0 spiro atoms. The van der Waals surface area contributed by atoms with Gasteiger partial charge in [0.15, 0.2) is 0 Å². The third-order valence-corrected chi connectivity index (χ3v) is 3.73. The first-order valence-electron chi connectivity index (χ1n) is 7.66. The van der Waals surface area contributed by atoms with Gasteiger partial charge in [-0.25, -0.2) is 5.43 Å². The second kappa shape index (κ2) is 9.08. The van der Waals surface area contributed by atoms with Gasteiger partial charge in [0, 0.05) is 10.2 Å². The number of amides is 1. The number of halogens is 1. The highest BCUT2D eigenvalue weighted by molar-refractivity contribution is 9.10. The first kappa shape index (κ1) is 18.0. The number of carbonyl (C=O) groups excluding carboxylic acids is 1. The molecule has 5 nitrogen and oxygen atoms in total. The van der Waals surface area contributed by atoms with Crippen LogP contribution in [0.25, 0.3) is 0 Å². The van der Waals surface area contributed by atoms with Crippen LogP contribution in [0.4, 0.5) is 5.69 Å². The van der Waals surface area contributed by atoms with Crippen molar-refractivity contribution in [2.45, 2.75) is 19.9 Å². The van der Waals surface area contributed by atoms with E-state index in [0.717, 1.165) is 21.5 Å². The van der Waals surface area contributed by atoms with Gasteiger partial charge in [0.1, 0.15) is 11.8 Å². The summed E-state index contributed by atoms with van der Waals surface area (Å²) in [5.74, 6) is 0.594. The molecule has 0 aliphatic rings. The summed E-state index contributed by atoms with van der Waals surface area (Å²) in [4.78, 5) is 12.0. The molecule has 1 atom stereocenters. The highest BCUT2D eigenvalue weighted by Gasteiger charge is 2.11. The van der Waals surface area contributed by atoms with E-state index in [4.69, 9.17) is 4.74 Å². The smallest absolute Gasteiger partial charge is 0.262 e. The minimum absolute atomic E-state index is 0.211. The van der Waals surface area contributed by atoms with E-state index in [-0.39, 0.29) is 5.91 Å². The zero-order valence-electron chi connectivity index (χ0n) is 13.6. The molecule has 0 aliphatic heterocycles. The Labute approximate surface area is 150 Å². The Morgan fingerprint density at radius 1 is 1.21 bits per heavy atom. The highest BCUT2D eigenvalue weighted by Crippen LogP contribution is 2.16. The van der Waals surface area contributed by atoms with Crippen molar-refractivity contribution < 1.29 is 9.53 Å². The van der Waals surface area contributed by atoms with Crippen LogP contribution in [-0.2, 0) is 4.79 Å². The lowest BCUT2D eigenvalue weighted by Gasteiger charge is -2.13. The maximum Gasteiger partial charge on any atom is 0.262 e. The number of carbonyl (C=O) groups is 1. The van der Waals surface area contributed by atoms with Gasteiger partial charge in [0.25, 0.3) is 5.91 Å². The van der Waals surface area contributed by atoms with Crippen LogP contribution in [0.5, 0.6) is 5.75 Å². The van der Waals surface area contributed by atoms with Crippen molar-refractivity contribution in [2.24, 2.45) is 5.10 Å². The number of anilines is 1. The van der Waals surface area contributed by atoms with Crippen molar-refractivity contribution in [3.05, 3.63) is 58.6 Å². The van der Waals surface area contributed by atoms with Crippen LogP contribution in [0.2, 0.25) is 0 Å². The molecule has 0 fully saturated rings. The lowest BCUT2D eigenvalue weighted by atomic mass is 10.2. The van der Waals surface area contributed by atoms with E-state index < -0.39 is 6.04 Å². The zero-order valence-corrected chi connectivity index (χ0v) is 15.2. The Bertz CT molecular complexity index is 684. The van der Waals surface area contributed by atoms with E-state index in [0.29, 0.717) is 6.61 Å². The summed E-state index contributed by atoms with van der Waals surface area (Å²) in [7, 11) is 0. The van der Waals surface area contributed by atoms with Gasteiger partial charge in [0.2, 0.25) is 0 Å². The summed E-state index contributed by atoms with van der Waals surface area (Å²) < 4.78 is 6.38. The summed E-state index contributed by atoms with van der Waals surface area (Å²) in [5, 5.41) is 7.09. The highest BCUT2D eigenvalue weighted by atomic mass is 79.9. The monoisotopic (exact) mass is 389 g/mol. The molecule has 0 saturated carbocycles. The minimum Gasteiger partial charge on any atom is -0.494 e. The SMILES string of the molecule is CCOc1ccc(NC(C)C(=O)N/N=C/c2ccc(Br)cc2)cc1. The van der Waals surface area contributed by atoms with E-state index in [1.54, 1.807) is 13.1 Å². The zero-order chi connectivity index (χ0) is 17.4. The lowest BCUT2D eigenvalue weighted by Crippen LogP contribution is -2.34. The summed E-state index contributed by atoms with van der Waals surface area (Å²) >= 11 is 3.37. The Kier molecular flexibility index (Phi) is 6.81. The van der Waals surface area contributed by atoms with E-state index in [2.05, 4.69) is 31.8 Å². The molecule has 0 aliphatic carbocycles. The molecule has 0 aromatic heterocycles. The second-order valence-corrected chi connectivity index (χ2v) is 6.02. The number of benzene rings is 2. The molecule has 2 rings (SSSR count). The Hall–Kier alpha value is -2.34. The van der Waals surface area contributed by atoms with Crippen LogP contribution in [0, 0.1) is 0 Å². The number of ether oxygens (including phenoxy) is 1. The normalized spacial score (nSPS) is 12.0. The standard InChI is InChI=1S/C18H20BrN3O2/c1-3-24-17-10-8-16(9-11-17)21-13(2)18(23)22-20-12-14-4-6-15(19)7-5-14/h4-13,21H,3H2,1-2H3,(H,22,23)/b20-12+. The predicted octanol–water partition coefficient (Wildman–Crippen LogP) is 3.80. The summed E-state index contributed by atoms with van der Waals surface area (Å²) in [5.41, 5.74) is 4.28. The number of nitrogens with zero attached hydrogens (tertiary/aromatic N) is 1. The van der Waals surface area contributed by atoms with Crippen LogP contribution in [0.15, 0.2) is 58.1 Å². The molecule has 0 radical (unpaired) electrons. The van der Waals surface area contributed by atoms with Crippen molar-refractivity contribution >= 4 is 33.7 Å². The Morgan fingerprint density at radius 3 is 2.50 bits per heavy atom. The van der Waals surface area contributed by atoms with E-state index in [1.165, 1.54) is 0 Å². The Morgan fingerprint density at radius 2 is 1.88 bits per heavy atom. The molecule has 126 valence electrons. The van der Waals surface area contributed by atoms with Gasteiger partial charge in [-0.2, -0.15) is 5.10 Å². The second-order valence-electron chi connectivity index (χ2n) is 5.11. The van der Waals surface area contributed by atoms with Gasteiger partial charge >= 0.3 is 0 Å². The van der Waals surface area contributed by atoms with Crippen molar-refractivity contribution in [3.63, 3.8) is 0 Å². The molecule has 2 aromatic rings. The third kappa shape index (κ3) is 5.70. The maximum atomic E-state index is 12.0. The largest absolute Gasteiger partial charge is 0.494 e. The molecular weight excluding hydrogens is 370 g/mol. The Balaban J connectivity index is 1.84. The first-order chi connectivity index (χ1) is 11.6. The molecule has 6 heteroatoms. The van der Waals surface area contributed by atoms with Gasteiger partial charge in [0.05, 0.1) is 12.8 Å². The first-order valence-corrected chi connectivity index (χ1v) is 8.45. The topological polar surface area (TPSA) is 62.7 Å². The quantitative estimate of drug-likeness (QED) is 0.559. The summed E-state index contributed by atoms with van der Waals surface area (Å²) in [6.07, 6.45) is 1.61. The number of hydrogen-bond donors (Lipinski definition) is 2. The predicted molar refractivity (Wildman–Crippen MR) is 101 cm³/mol. The van der Waals surface area contributed by atoms with E-state index >= 15 is 0 Å². The van der Waals surface area contributed by atoms with Crippen molar-refractivity contribution in [3.8, 4) is 5.75 Å². The molecule has 1 amide bonds. The number of hydrazone groups is 1. The van der Waals surface area contributed by atoms with Gasteiger partial charge < -0.3 is 10.1 Å². The van der Waals surface area contributed by atoms with Gasteiger partial charge in [-0.3, -0.25) is 4.79 Å². The molecule has 0 bridgehead atoms. The van der Waals surface area contributed by atoms with Gasteiger partial charge in [-0.1, -0.05) is 28.1 Å². The number of hydrogen-bond acceptors (Lipinski definition) is 4. The summed E-state index contributed by atoms with van der Waals surface area (Å²) in [6, 6.07) is 14.7. The van der Waals surface area contributed by atoms with Crippen molar-refractivity contribution in [1.82, 2.24) is 5.43 Å². The number of rotatable bonds is 7. The summed E-state index contributed by atoms with van der Waals surface area (Å²) in [6.45, 7) is 4.34. The lowest BCUT2D eigenvalue weighted by molar-refractivity contribution is -0.121. The number of nitrogens with one attached hydrogen (secondary N) is 2. The molecule has 2 aromatic carbocycles. The third-order valence-electron chi connectivity index (χ3n) is 3.20. The fourth-order valence-corrected chi connectivity index (χ4v) is 2.21. The van der Waals surface area contributed by atoms with Crippen LogP contribution in [-0.4, -0.2) is 24.8 Å². The molecule has 24 heavy (non-hydrogen) atoms. The van der Waals surface area contributed by atoms with Crippen molar-refractivity contribution in [1.29, 1.82) is 0 Å². The fraction of sp³-hybridized carbons (Fsp3) is 0.222. The van der Waals surface area contributed by atoms with Crippen LogP contribution in [0.1, 0.15) is 19.4 Å². The van der Waals surface area contributed by atoms with E-state index in [1.807, 2.05) is 55.5 Å². The molecule has 2 N–H and O–H groups in total. The van der Waals surface area contributed by atoms with Crippen LogP contribution in [0.3, 0.4) is 0 Å². The van der Waals surface area contributed by atoms with Gasteiger partial charge in [-0.05, 0) is 55.8 Å². The molecule has 0 heterocycles. The van der Waals surface area contributed by atoms with E-state index in [9.17, 15) is 4.79 Å². The minimum atomic E-state index is -0.412. The average Bonchev–Trinajstić information content (AvgIpc) is 2.58. The molecule has 0 saturated heterocycles. The maximum absolute atomic E-state index is 12.0. The molecule has 1 unspecified atom stereocenters. The average molecular weight is 390 g/mol.